The number of hydrogen-bond acceptors (Lipinski definition) is 5. The van der Waals surface area contributed by atoms with E-state index >= 15 is 0 Å². The van der Waals surface area contributed by atoms with Gasteiger partial charge in [0.25, 0.3) is 5.89 Å². The fourth-order valence-electron chi connectivity index (χ4n) is 2.56. The van der Waals surface area contributed by atoms with Gasteiger partial charge in [-0.25, -0.2) is 4.39 Å². The zero-order valence-corrected chi connectivity index (χ0v) is 13.0. The molecule has 0 saturated heterocycles. The number of benzene rings is 2. The predicted molar refractivity (Wildman–Crippen MR) is 89.1 cm³/mol. The van der Waals surface area contributed by atoms with Crippen molar-refractivity contribution >= 4 is 5.84 Å². The van der Waals surface area contributed by atoms with Crippen molar-refractivity contribution in [3.05, 3.63) is 59.9 Å². The van der Waals surface area contributed by atoms with E-state index in [0.29, 0.717) is 23.3 Å². The van der Waals surface area contributed by atoms with E-state index in [1.807, 2.05) is 24.3 Å². The van der Waals surface area contributed by atoms with Crippen molar-refractivity contribution in [2.45, 2.75) is 13.0 Å². The SMILES string of the molecule is CC1CN=C(c2ccc(-c3noc(-c4ccc(F)cc4)n3)cc2)N1. The molecule has 1 N–H and O–H groups in total. The topological polar surface area (TPSA) is 63.3 Å². The first-order valence-corrected chi connectivity index (χ1v) is 7.70. The van der Waals surface area contributed by atoms with Crippen LogP contribution in [0.25, 0.3) is 22.8 Å². The Morgan fingerprint density at radius 2 is 1.67 bits per heavy atom. The molecule has 0 aliphatic carbocycles. The van der Waals surface area contributed by atoms with Crippen LogP contribution in [0.15, 0.2) is 58.0 Å². The van der Waals surface area contributed by atoms with Crippen LogP contribution in [0.1, 0.15) is 12.5 Å². The number of nitrogens with zero attached hydrogens (tertiary/aromatic N) is 3. The van der Waals surface area contributed by atoms with E-state index in [1.165, 1.54) is 12.1 Å². The van der Waals surface area contributed by atoms with Crippen LogP contribution in [0, 0.1) is 5.82 Å². The Bertz CT molecular complexity index is 884. The van der Waals surface area contributed by atoms with E-state index in [4.69, 9.17) is 4.52 Å². The van der Waals surface area contributed by atoms with E-state index in [-0.39, 0.29) is 5.82 Å². The quantitative estimate of drug-likeness (QED) is 0.804. The molecular formula is C18H15FN4O. The summed E-state index contributed by atoms with van der Waals surface area (Å²) >= 11 is 0. The van der Waals surface area contributed by atoms with Crippen molar-refractivity contribution < 1.29 is 8.91 Å². The third-order valence-electron chi connectivity index (χ3n) is 3.84. The highest BCUT2D eigenvalue weighted by atomic mass is 19.1. The molecule has 1 aliphatic rings. The molecule has 0 fully saturated rings. The van der Waals surface area contributed by atoms with E-state index in [9.17, 15) is 4.39 Å². The minimum Gasteiger partial charge on any atom is -0.366 e. The molecule has 0 radical (unpaired) electrons. The molecule has 2 heterocycles. The van der Waals surface area contributed by atoms with Crippen molar-refractivity contribution in [2.24, 2.45) is 4.99 Å². The Morgan fingerprint density at radius 3 is 2.33 bits per heavy atom. The van der Waals surface area contributed by atoms with Gasteiger partial charge in [0.2, 0.25) is 5.82 Å². The third-order valence-corrected chi connectivity index (χ3v) is 3.84. The number of rotatable bonds is 3. The Morgan fingerprint density at radius 1 is 1.00 bits per heavy atom. The van der Waals surface area contributed by atoms with Gasteiger partial charge in [-0.3, -0.25) is 4.99 Å². The summed E-state index contributed by atoms with van der Waals surface area (Å²) in [6.07, 6.45) is 0. The second kappa shape index (κ2) is 5.88. The predicted octanol–water partition coefficient (Wildman–Crippen LogP) is 3.28. The maximum Gasteiger partial charge on any atom is 0.258 e. The minimum absolute atomic E-state index is 0.299. The largest absolute Gasteiger partial charge is 0.366 e. The second-order valence-corrected chi connectivity index (χ2v) is 5.74. The second-order valence-electron chi connectivity index (χ2n) is 5.74. The molecule has 0 bridgehead atoms. The third kappa shape index (κ3) is 2.78. The van der Waals surface area contributed by atoms with Gasteiger partial charge in [-0.15, -0.1) is 0 Å². The summed E-state index contributed by atoms with van der Waals surface area (Å²) < 4.78 is 18.3. The Hall–Kier alpha value is -3.02. The summed E-state index contributed by atoms with van der Waals surface area (Å²) in [5, 5.41) is 7.33. The molecule has 120 valence electrons. The summed E-state index contributed by atoms with van der Waals surface area (Å²) in [5.41, 5.74) is 2.57. The van der Waals surface area contributed by atoms with E-state index in [1.54, 1.807) is 12.1 Å². The van der Waals surface area contributed by atoms with Crippen molar-refractivity contribution in [3.8, 4) is 22.8 Å². The lowest BCUT2D eigenvalue weighted by Gasteiger charge is -2.06. The maximum atomic E-state index is 13.0. The average molecular weight is 322 g/mol. The number of hydrogen-bond donors (Lipinski definition) is 1. The van der Waals surface area contributed by atoms with Gasteiger partial charge in [0, 0.05) is 22.7 Å². The molecule has 1 aliphatic heterocycles. The monoisotopic (exact) mass is 322 g/mol. The van der Waals surface area contributed by atoms with Gasteiger partial charge >= 0.3 is 0 Å². The summed E-state index contributed by atoms with van der Waals surface area (Å²) in [6.45, 7) is 2.89. The minimum atomic E-state index is -0.299. The molecule has 3 aromatic rings. The van der Waals surface area contributed by atoms with Crippen LogP contribution in [0.5, 0.6) is 0 Å². The van der Waals surface area contributed by atoms with Crippen LogP contribution in [-0.4, -0.2) is 28.6 Å². The molecule has 1 aromatic heterocycles. The highest BCUT2D eigenvalue weighted by Crippen LogP contribution is 2.23. The Balaban J connectivity index is 1.57. The molecule has 6 heteroatoms. The van der Waals surface area contributed by atoms with Crippen molar-refractivity contribution in [2.75, 3.05) is 6.54 Å². The summed E-state index contributed by atoms with van der Waals surface area (Å²) in [4.78, 5) is 8.84. The molecule has 5 nitrogen and oxygen atoms in total. The molecule has 1 atom stereocenters. The number of aromatic nitrogens is 2. The van der Waals surface area contributed by atoms with Crippen LogP contribution in [0.3, 0.4) is 0 Å². The number of aliphatic imine (C=N–C) groups is 1. The van der Waals surface area contributed by atoms with E-state index in [0.717, 1.165) is 23.5 Å². The van der Waals surface area contributed by atoms with Crippen LogP contribution in [0.2, 0.25) is 0 Å². The van der Waals surface area contributed by atoms with Crippen molar-refractivity contribution in [1.82, 2.24) is 15.5 Å². The van der Waals surface area contributed by atoms with Gasteiger partial charge in [0.15, 0.2) is 0 Å². The number of halogens is 1. The zero-order chi connectivity index (χ0) is 16.5. The number of nitrogens with one attached hydrogen (secondary N) is 1. The van der Waals surface area contributed by atoms with Crippen LogP contribution in [0.4, 0.5) is 4.39 Å². The van der Waals surface area contributed by atoms with Crippen molar-refractivity contribution in [3.63, 3.8) is 0 Å². The smallest absolute Gasteiger partial charge is 0.258 e. The standard InChI is InChI=1S/C18H15FN4O/c1-11-10-20-16(21-11)12-2-4-13(5-3-12)17-22-18(24-23-17)14-6-8-15(19)9-7-14/h2-9,11H,10H2,1H3,(H,20,21). The average Bonchev–Trinajstić information content (AvgIpc) is 3.25. The lowest BCUT2D eigenvalue weighted by atomic mass is 10.1. The van der Waals surface area contributed by atoms with Gasteiger partial charge in [0.1, 0.15) is 11.7 Å². The molecule has 4 rings (SSSR count). The van der Waals surface area contributed by atoms with Gasteiger partial charge in [-0.2, -0.15) is 4.98 Å². The molecular weight excluding hydrogens is 307 g/mol. The summed E-state index contributed by atoms with van der Waals surface area (Å²) in [7, 11) is 0. The lowest BCUT2D eigenvalue weighted by molar-refractivity contribution is 0.432. The summed E-state index contributed by atoms with van der Waals surface area (Å²) in [5.74, 6) is 1.47. The molecule has 24 heavy (non-hydrogen) atoms. The van der Waals surface area contributed by atoms with Gasteiger partial charge < -0.3 is 9.84 Å². The molecule has 0 amide bonds. The first-order chi connectivity index (χ1) is 11.7. The lowest BCUT2D eigenvalue weighted by Crippen LogP contribution is -2.27. The Kier molecular flexibility index (Phi) is 3.57. The molecule has 1 unspecified atom stereocenters. The first kappa shape index (κ1) is 14.6. The highest BCUT2D eigenvalue weighted by molar-refractivity contribution is 6.00. The molecule has 0 spiro atoms. The van der Waals surface area contributed by atoms with Crippen LogP contribution < -0.4 is 5.32 Å². The Labute approximate surface area is 138 Å². The van der Waals surface area contributed by atoms with Gasteiger partial charge in [0.05, 0.1) is 6.54 Å². The molecule has 0 saturated carbocycles. The first-order valence-electron chi connectivity index (χ1n) is 7.70. The molecule has 2 aromatic carbocycles. The van der Waals surface area contributed by atoms with E-state index < -0.39 is 0 Å². The van der Waals surface area contributed by atoms with Gasteiger partial charge in [-0.05, 0) is 31.2 Å². The van der Waals surface area contributed by atoms with Crippen LogP contribution in [-0.2, 0) is 0 Å². The normalized spacial score (nSPS) is 16.8. The fraction of sp³-hybridized carbons (Fsp3) is 0.167. The van der Waals surface area contributed by atoms with Gasteiger partial charge in [-0.1, -0.05) is 29.4 Å². The fourth-order valence-corrected chi connectivity index (χ4v) is 2.56. The number of amidine groups is 1. The van der Waals surface area contributed by atoms with Crippen LogP contribution >= 0.6 is 0 Å². The highest BCUT2D eigenvalue weighted by Gasteiger charge is 2.15. The zero-order valence-electron chi connectivity index (χ0n) is 13.0. The summed E-state index contributed by atoms with van der Waals surface area (Å²) in [6, 6.07) is 14.1. The maximum absolute atomic E-state index is 13.0. The van der Waals surface area contributed by atoms with E-state index in [2.05, 4.69) is 27.4 Å². The van der Waals surface area contributed by atoms with Crippen molar-refractivity contribution in [1.29, 1.82) is 0 Å².